The highest BCUT2D eigenvalue weighted by molar-refractivity contribution is 5.79. The highest BCUT2D eigenvalue weighted by atomic mass is 16.4. The number of carboxylic acids is 1. The van der Waals surface area contributed by atoms with Gasteiger partial charge in [0.15, 0.2) is 0 Å². The highest BCUT2D eigenvalue weighted by Crippen LogP contribution is 2.32. The zero-order valence-corrected chi connectivity index (χ0v) is 10.4. The predicted molar refractivity (Wildman–Crippen MR) is 64.5 cm³/mol. The SMILES string of the molecule is CCC(N)CC(=O)NC1(CC(=O)O)CCCC1. The van der Waals surface area contributed by atoms with E-state index in [4.69, 9.17) is 10.8 Å². The van der Waals surface area contributed by atoms with Gasteiger partial charge in [0.25, 0.3) is 0 Å². The molecule has 0 bridgehead atoms. The number of carboxylic acid groups (broad SMARTS) is 1. The van der Waals surface area contributed by atoms with E-state index in [9.17, 15) is 9.59 Å². The Bertz CT molecular complexity index is 285. The molecule has 0 saturated heterocycles. The van der Waals surface area contributed by atoms with Crippen LogP contribution in [0.3, 0.4) is 0 Å². The van der Waals surface area contributed by atoms with E-state index in [2.05, 4.69) is 5.32 Å². The number of hydrogen-bond acceptors (Lipinski definition) is 3. The first-order valence-electron chi connectivity index (χ1n) is 6.26. The first-order valence-corrected chi connectivity index (χ1v) is 6.26. The second kappa shape index (κ2) is 6.00. The fraction of sp³-hybridized carbons (Fsp3) is 0.833. The van der Waals surface area contributed by atoms with Crippen LogP contribution in [0, 0.1) is 0 Å². The van der Waals surface area contributed by atoms with Gasteiger partial charge in [-0.2, -0.15) is 0 Å². The summed E-state index contributed by atoms with van der Waals surface area (Å²) in [6.07, 6.45) is 4.51. The fourth-order valence-corrected chi connectivity index (χ4v) is 2.42. The van der Waals surface area contributed by atoms with Crippen molar-refractivity contribution in [3.8, 4) is 0 Å². The zero-order chi connectivity index (χ0) is 12.9. The smallest absolute Gasteiger partial charge is 0.305 e. The Morgan fingerprint density at radius 1 is 1.41 bits per heavy atom. The van der Waals surface area contributed by atoms with Gasteiger partial charge in [-0.1, -0.05) is 19.8 Å². The van der Waals surface area contributed by atoms with Crippen LogP contribution in [0.4, 0.5) is 0 Å². The summed E-state index contributed by atoms with van der Waals surface area (Å²) in [6, 6.07) is -0.140. The maximum Gasteiger partial charge on any atom is 0.305 e. The molecule has 1 saturated carbocycles. The van der Waals surface area contributed by atoms with Crippen LogP contribution in [0.1, 0.15) is 51.9 Å². The van der Waals surface area contributed by atoms with Gasteiger partial charge in [0.1, 0.15) is 0 Å². The van der Waals surface area contributed by atoms with Crippen molar-refractivity contribution < 1.29 is 14.7 Å². The van der Waals surface area contributed by atoms with Crippen LogP contribution in [0.5, 0.6) is 0 Å². The van der Waals surface area contributed by atoms with Gasteiger partial charge >= 0.3 is 5.97 Å². The maximum atomic E-state index is 11.8. The van der Waals surface area contributed by atoms with Gasteiger partial charge < -0.3 is 16.2 Å². The minimum atomic E-state index is -0.855. The Labute approximate surface area is 102 Å². The second-order valence-electron chi connectivity index (χ2n) is 4.98. The summed E-state index contributed by atoms with van der Waals surface area (Å²) >= 11 is 0. The van der Waals surface area contributed by atoms with E-state index in [1.165, 1.54) is 0 Å². The first-order chi connectivity index (χ1) is 7.97. The lowest BCUT2D eigenvalue weighted by molar-refractivity contribution is -0.139. The first kappa shape index (κ1) is 14.0. The normalized spacial score (nSPS) is 19.9. The average Bonchev–Trinajstić information content (AvgIpc) is 2.64. The largest absolute Gasteiger partial charge is 0.481 e. The number of nitrogens with two attached hydrogens (primary N) is 1. The van der Waals surface area contributed by atoms with Gasteiger partial charge in [-0.05, 0) is 19.3 Å². The lowest BCUT2D eigenvalue weighted by Crippen LogP contribution is -2.49. The molecule has 0 aliphatic heterocycles. The third-order valence-electron chi connectivity index (χ3n) is 3.43. The molecule has 0 heterocycles. The number of rotatable bonds is 6. The van der Waals surface area contributed by atoms with Crippen LogP contribution in [0.2, 0.25) is 0 Å². The highest BCUT2D eigenvalue weighted by Gasteiger charge is 2.37. The van der Waals surface area contributed by atoms with Gasteiger partial charge in [0.05, 0.1) is 12.0 Å². The number of aliphatic carboxylic acids is 1. The van der Waals surface area contributed by atoms with E-state index >= 15 is 0 Å². The van der Waals surface area contributed by atoms with Crippen LogP contribution in [-0.2, 0) is 9.59 Å². The van der Waals surface area contributed by atoms with E-state index in [0.29, 0.717) is 0 Å². The molecular formula is C12H22N2O3. The molecule has 0 aromatic rings. The van der Waals surface area contributed by atoms with Crippen molar-refractivity contribution in [2.75, 3.05) is 0 Å². The molecule has 0 aromatic heterocycles. The molecule has 1 aliphatic carbocycles. The zero-order valence-electron chi connectivity index (χ0n) is 10.4. The van der Waals surface area contributed by atoms with Crippen molar-refractivity contribution in [2.24, 2.45) is 5.73 Å². The van der Waals surface area contributed by atoms with Crippen molar-refractivity contribution in [1.29, 1.82) is 0 Å². The van der Waals surface area contributed by atoms with Crippen molar-refractivity contribution in [1.82, 2.24) is 5.32 Å². The summed E-state index contributed by atoms with van der Waals surface area (Å²) in [4.78, 5) is 22.6. The number of nitrogens with one attached hydrogen (secondary N) is 1. The van der Waals surface area contributed by atoms with Crippen LogP contribution in [0.25, 0.3) is 0 Å². The summed E-state index contributed by atoms with van der Waals surface area (Å²) in [6.45, 7) is 1.93. The molecule has 1 fully saturated rings. The summed E-state index contributed by atoms with van der Waals surface area (Å²) in [5.41, 5.74) is 5.18. The molecule has 0 spiro atoms. The summed E-state index contributed by atoms with van der Waals surface area (Å²) < 4.78 is 0. The summed E-state index contributed by atoms with van der Waals surface area (Å²) in [5, 5.41) is 11.8. The molecule has 1 atom stereocenters. The van der Waals surface area contributed by atoms with Crippen LogP contribution in [-0.4, -0.2) is 28.6 Å². The Balaban J connectivity index is 2.54. The Hall–Kier alpha value is -1.10. The molecule has 0 radical (unpaired) electrons. The summed E-state index contributed by atoms with van der Waals surface area (Å²) in [7, 11) is 0. The minimum Gasteiger partial charge on any atom is -0.481 e. The molecule has 5 nitrogen and oxygen atoms in total. The van der Waals surface area contributed by atoms with E-state index in [0.717, 1.165) is 32.1 Å². The van der Waals surface area contributed by atoms with Gasteiger partial charge in [-0.3, -0.25) is 9.59 Å². The lowest BCUT2D eigenvalue weighted by Gasteiger charge is -2.29. The average molecular weight is 242 g/mol. The van der Waals surface area contributed by atoms with Crippen molar-refractivity contribution >= 4 is 11.9 Å². The van der Waals surface area contributed by atoms with Gasteiger partial charge in [0.2, 0.25) is 5.91 Å². The molecule has 1 unspecified atom stereocenters. The molecule has 5 heteroatoms. The molecule has 1 aliphatic rings. The fourth-order valence-electron chi connectivity index (χ4n) is 2.42. The molecule has 1 amide bonds. The van der Waals surface area contributed by atoms with Crippen LogP contribution in [0.15, 0.2) is 0 Å². The topological polar surface area (TPSA) is 92.4 Å². The van der Waals surface area contributed by atoms with Crippen LogP contribution >= 0.6 is 0 Å². The molecule has 1 rings (SSSR count). The van der Waals surface area contributed by atoms with E-state index in [-0.39, 0.29) is 24.8 Å². The van der Waals surface area contributed by atoms with E-state index in [1.54, 1.807) is 0 Å². The molecule has 4 N–H and O–H groups in total. The number of hydrogen-bond donors (Lipinski definition) is 3. The Morgan fingerprint density at radius 3 is 2.47 bits per heavy atom. The maximum absolute atomic E-state index is 11.8. The molecular weight excluding hydrogens is 220 g/mol. The Kier molecular flexibility index (Phi) is 4.93. The van der Waals surface area contributed by atoms with Gasteiger partial charge in [-0.25, -0.2) is 0 Å². The van der Waals surface area contributed by atoms with Crippen molar-refractivity contribution in [3.05, 3.63) is 0 Å². The predicted octanol–water partition coefficient (Wildman–Crippen LogP) is 1.02. The van der Waals surface area contributed by atoms with E-state index in [1.807, 2.05) is 6.92 Å². The lowest BCUT2D eigenvalue weighted by atomic mass is 9.92. The number of carbonyl (C=O) groups is 2. The monoisotopic (exact) mass is 242 g/mol. The molecule has 17 heavy (non-hydrogen) atoms. The minimum absolute atomic E-state index is 0.0140. The van der Waals surface area contributed by atoms with Crippen molar-refractivity contribution in [3.63, 3.8) is 0 Å². The molecule has 0 aromatic carbocycles. The third-order valence-corrected chi connectivity index (χ3v) is 3.43. The van der Waals surface area contributed by atoms with Crippen LogP contribution < -0.4 is 11.1 Å². The quantitative estimate of drug-likeness (QED) is 0.648. The molecule has 98 valence electrons. The third kappa shape index (κ3) is 4.34. The standard InChI is InChI=1S/C12H22N2O3/c1-2-9(13)7-10(15)14-12(8-11(16)17)5-3-4-6-12/h9H,2-8,13H2,1H3,(H,14,15)(H,16,17). The number of carbonyl (C=O) groups excluding carboxylic acids is 1. The number of amides is 1. The van der Waals surface area contributed by atoms with E-state index < -0.39 is 11.5 Å². The second-order valence-corrected chi connectivity index (χ2v) is 4.98. The van der Waals surface area contributed by atoms with Gasteiger partial charge in [-0.15, -0.1) is 0 Å². The van der Waals surface area contributed by atoms with Gasteiger partial charge in [0, 0.05) is 12.5 Å². The summed E-state index contributed by atoms with van der Waals surface area (Å²) in [5.74, 6) is -0.977. The Morgan fingerprint density at radius 2 is 2.00 bits per heavy atom. The van der Waals surface area contributed by atoms with Crippen molar-refractivity contribution in [2.45, 2.75) is 63.5 Å².